The highest BCUT2D eigenvalue weighted by Gasteiger charge is 2.21. The lowest BCUT2D eigenvalue weighted by molar-refractivity contribution is 0.300. The molecule has 3 aromatic rings. The Kier molecular flexibility index (Phi) is 5.76. The number of nitrogens with one attached hydrogen (secondary N) is 3. The number of rotatable bonds is 6. The van der Waals surface area contributed by atoms with Gasteiger partial charge in [-0.15, -0.1) is 0 Å². The van der Waals surface area contributed by atoms with Crippen molar-refractivity contribution in [1.29, 1.82) is 5.41 Å². The van der Waals surface area contributed by atoms with E-state index in [2.05, 4.69) is 15.8 Å². The van der Waals surface area contributed by atoms with Gasteiger partial charge in [-0.25, -0.2) is 17.8 Å². The van der Waals surface area contributed by atoms with E-state index < -0.39 is 10.0 Å². The minimum absolute atomic E-state index is 0.0611. The molecule has 0 atom stereocenters. The summed E-state index contributed by atoms with van der Waals surface area (Å²) >= 11 is 0. The Bertz CT molecular complexity index is 1120. The maximum absolute atomic E-state index is 13.1. The van der Waals surface area contributed by atoms with Gasteiger partial charge in [0.2, 0.25) is 5.96 Å². The molecule has 0 aliphatic rings. The van der Waals surface area contributed by atoms with E-state index in [1.807, 2.05) is 12.1 Å². The molecule has 0 aliphatic heterocycles. The van der Waals surface area contributed by atoms with Crippen molar-refractivity contribution in [3.8, 4) is 0 Å². The zero-order valence-corrected chi connectivity index (χ0v) is 16.1. The second kappa shape index (κ2) is 8.24. The summed E-state index contributed by atoms with van der Waals surface area (Å²) in [6.45, 7) is 1.86. The fourth-order valence-corrected chi connectivity index (χ4v) is 4.15. The molecule has 4 N–H and O–H groups in total. The average Bonchev–Trinajstić information content (AvgIpc) is 3.11. The van der Waals surface area contributed by atoms with Gasteiger partial charge >= 0.3 is 0 Å². The molecule has 0 spiro atoms. The minimum Gasteiger partial charge on any atom is -0.395 e. The molecule has 0 saturated heterocycles. The van der Waals surface area contributed by atoms with Crippen LogP contribution in [0.4, 0.5) is 0 Å². The number of fused-ring (bicyclic) bond motifs is 1. The normalized spacial score (nSPS) is 12.1. The second-order valence-corrected chi connectivity index (χ2v) is 7.82. The second-order valence-electron chi connectivity index (χ2n) is 6.01. The van der Waals surface area contributed by atoms with Crippen LogP contribution in [0.3, 0.4) is 0 Å². The van der Waals surface area contributed by atoms with Crippen LogP contribution >= 0.6 is 0 Å². The molecule has 146 valence electrons. The van der Waals surface area contributed by atoms with Crippen LogP contribution in [-0.2, 0) is 10.0 Å². The first-order valence-electron chi connectivity index (χ1n) is 8.60. The Morgan fingerprint density at radius 3 is 2.54 bits per heavy atom. The Labute approximate surface area is 163 Å². The van der Waals surface area contributed by atoms with Crippen LogP contribution in [0.25, 0.3) is 10.9 Å². The topological polar surface area (TPSA) is 120 Å². The van der Waals surface area contributed by atoms with E-state index in [1.54, 1.807) is 49.4 Å². The summed E-state index contributed by atoms with van der Waals surface area (Å²) in [5.41, 5.74) is 4.25. The largest absolute Gasteiger partial charge is 0.395 e. The molecule has 28 heavy (non-hydrogen) atoms. The number of benzene rings is 2. The number of guanidine groups is 1. The number of aliphatic hydroxyl groups excluding tert-OH is 1. The maximum atomic E-state index is 13.1. The van der Waals surface area contributed by atoms with E-state index in [-0.39, 0.29) is 24.0 Å². The molecule has 2 aromatic carbocycles. The molecule has 8 nitrogen and oxygen atoms in total. The zero-order valence-electron chi connectivity index (χ0n) is 15.3. The molecule has 9 heteroatoms. The van der Waals surface area contributed by atoms with Gasteiger partial charge in [0.15, 0.2) is 0 Å². The molecule has 0 bridgehead atoms. The number of hydrazone groups is 1. The van der Waals surface area contributed by atoms with E-state index in [4.69, 9.17) is 10.5 Å². The first-order valence-corrected chi connectivity index (χ1v) is 10.0. The Morgan fingerprint density at radius 1 is 1.14 bits per heavy atom. The van der Waals surface area contributed by atoms with Crippen molar-refractivity contribution in [3.63, 3.8) is 0 Å². The van der Waals surface area contributed by atoms with E-state index >= 15 is 0 Å². The van der Waals surface area contributed by atoms with Gasteiger partial charge in [-0.1, -0.05) is 36.4 Å². The molecule has 0 fully saturated rings. The third kappa shape index (κ3) is 3.90. The first kappa shape index (κ1) is 19.6. The summed E-state index contributed by atoms with van der Waals surface area (Å²) in [4.78, 5) is 0.199. The van der Waals surface area contributed by atoms with Crippen LogP contribution < -0.4 is 10.7 Å². The summed E-state index contributed by atoms with van der Waals surface area (Å²) in [7, 11) is -3.76. The maximum Gasteiger partial charge on any atom is 0.268 e. The molecule has 3 rings (SSSR count). The standard InChI is InChI=1S/C19H21N5O3S/c1-14(22-23-19(20)21-11-12-25)17-13-24(18-10-6-5-9-16(17)18)28(26,27)15-7-3-2-4-8-15/h2-10,13,25H,11-12H2,1H3,(H3,20,21,23). The minimum atomic E-state index is -3.76. The predicted molar refractivity (Wildman–Crippen MR) is 109 cm³/mol. The van der Waals surface area contributed by atoms with Gasteiger partial charge < -0.3 is 10.4 Å². The molecule has 0 saturated carbocycles. The quantitative estimate of drug-likeness (QED) is 0.286. The average molecular weight is 399 g/mol. The van der Waals surface area contributed by atoms with Crippen molar-refractivity contribution in [2.75, 3.05) is 13.2 Å². The third-order valence-corrected chi connectivity index (χ3v) is 5.80. The molecule has 0 amide bonds. The summed E-state index contributed by atoms with van der Waals surface area (Å²) in [5.74, 6) is -0.0611. The zero-order chi connectivity index (χ0) is 20.1. The lowest BCUT2D eigenvalue weighted by atomic mass is 10.1. The van der Waals surface area contributed by atoms with Gasteiger partial charge in [0, 0.05) is 23.7 Å². The third-order valence-electron chi connectivity index (χ3n) is 4.12. The van der Waals surface area contributed by atoms with Crippen LogP contribution in [-0.4, -0.2) is 42.3 Å². The van der Waals surface area contributed by atoms with Crippen LogP contribution in [0, 0.1) is 5.41 Å². The highest BCUT2D eigenvalue weighted by atomic mass is 32.2. The summed E-state index contributed by atoms with van der Waals surface area (Å²) in [6, 6.07) is 15.4. The molecule has 0 aliphatic carbocycles. The van der Waals surface area contributed by atoms with Gasteiger partial charge in [-0.3, -0.25) is 5.41 Å². The number of aromatic nitrogens is 1. The SMILES string of the molecule is CC(=NNC(=N)NCCO)c1cn(S(=O)(=O)c2ccccc2)c2ccccc12. The smallest absolute Gasteiger partial charge is 0.268 e. The lowest BCUT2D eigenvalue weighted by Crippen LogP contribution is -2.35. The van der Waals surface area contributed by atoms with Crippen LogP contribution in [0.15, 0.2) is 70.8 Å². The Balaban J connectivity index is 2.03. The van der Waals surface area contributed by atoms with Crippen molar-refractivity contribution in [2.45, 2.75) is 11.8 Å². The van der Waals surface area contributed by atoms with Gasteiger partial charge in [-0.05, 0) is 25.1 Å². The Morgan fingerprint density at radius 2 is 1.82 bits per heavy atom. The monoisotopic (exact) mass is 399 g/mol. The van der Waals surface area contributed by atoms with Crippen molar-refractivity contribution >= 4 is 32.6 Å². The first-order chi connectivity index (χ1) is 13.4. The van der Waals surface area contributed by atoms with Crippen molar-refractivity contribution < 1.29 is 13.5 Å². The molecule has 0 unspecified atom stereocenters. The lowest BCUT2D eigenvalue weighted by Gasteiger charge is -2.07. The van der Waals surface area contributed by atoms with Crippen LogP contribution in [0.2, 0.25) is 0 Å². The van der Waals surface area contributed by atoms with Crippen molar-refractivity contribution in [2.24, 2.45) is 5.10 Å². The predicted octanol–water partition coefficient (Wildman–Crippen LogP) is 1.71. The molecule has 0 radical (unpaired) electrons. The molecule has 1 aromatic heterocycles. The van der Waals surface area contributed by atoms with E-state index in [0.717, 1.165) is 5.39 Å². The van der Waals surface area contributed by atoms with Crippen molar-refractivity contribution in [3.05, 3.63) is 66.4 Å². The highest BCUT2D eigenvalue weighted by molar-refractivity contribution is 7.90. The van der Waals surface area contributed by atoms with Crippen LogP contribution in [0.1, 0.15) is 12.5 Å². The van der Waals surface area contributed by atoms with E-state index in [0.29, 0.717) is 16.8 Å². The van der Waals surface area contributed by atoms with E-state index in [9.17, 15) is 8.42 Å². The number of para-hydroxylation sites is 1. The number of hydrogen-bond donors (Lipinski definition) is 4. The van der Waals surface area contributed by atoms with Gasteiger partial charge in [-0.2, -0.15) is 5.10 Å². The fourth-order valence-electron chi connectivity index (χ4n) is 2.76. The fraction of sp³-hybridized carbons (Fsp3) is 0.158. The number of aliphatic hydroxyl groups is 1. The summed E-state index contributed by atoms with van der Waals surface area (Å²) < 4.78 is 27.5. The molecular formula is C19H21N5O3S. The van der Waals surface area contributed by atoms with Gasteiger partial charge in [0.05, 0.1) is 22.7 Å². The Hall–Kier alpha value is -3.17. The van der Waals surface area contributed by atoms with Crippen molar-refractivity contribution in [1.82, 2.24) is 14.7 Å². The number of hydrogen-bond acceptors (Lipinski definition) is 5. The van der Waals surface area contributed by atoms with Crippen LogP contribution in [0.5, 0.6) is 0 Å². The highest BCUT2D eigenvalue weighted by Crippen LogP contribution is 2.26. The molecule has 1 heterocycles. The number of nitrogens with zero attached hydrogens (tertiary/aromatic N) is 2. The van der Waals surface area contributed by atoms with E-state index in [1.165, 1.54) is 10.2 Å². The summed E-state index contributed by atoms with van der Waals surface area (Å²) in [5, 5.41) is 24.0. The van der Waals surface area contributed by atoms with Gasteiger partial charge in [0.1, 0.15) is 0 Å². The van der Waals surface area contributed by atoms with Gasteiger partial charge in [0.25, 0.3) is 10.0 Å². The summed E-state index contributed by atoms with van der Waals surface area (Å²) in [6.07, 6.45) is 1.54. The molecular weight excluding hydrogens is 378 g/mol.